The van der Waals surface area contributed by atoms with Crippen LogP contribution in [0.5, 0.6) is 0 Å². The fourth-order valence-electron chi connectivity index (χ4n) is 3.49. The van der Waals surface area contributed by atoms with Gasteiger partial charge in [0.15, 0.2) is 0 Å². The minimum atomic E-state index is -0.0369. The van der Waals surface area contributed by atoms with Gasteiger partial charge in [0.1, 0.15) is 0 Å². The quantitative estimate of drug-likeness (QED) is 0.844. The lowest BCUT2D eigenvalue weighted by molar-refractivity contribution is -0.105. The predicted octanol–water partition coefficient (Wildman–Crippen LogP) is 4.69. The first-order valence-electron chi connectivity index (χ1n) is 7.52. The predicted molar refractivity (Wildman–Crippen MR) is 91.4 cm³/mol. The summed E-state index contributed by atoms with van der Waals surface area (Å²) in [5.41, 5.74) is 7.59. The summed E-state index contributed by atoms with van der Waals surface area (Å²) in [5.74, 6) is 2.83. The molecule has 0 saturated carbocycles. The summed E-state index contributed by atoms with van der Waals surface area (Å²) >= 11 is 14.3. The van der Waals surface area contributed by atoms with E-state index in [0.29, 0.717) is 16.0 Å². The van der Waals surface area contributed by atoms with Gasteiger partial charge in [-0.05, 0) is 60.8 Å². The molecular weight excluding hydrogens is 325 g/mol. The second kappa shape index (κ2) is 6.67. The van der Waals surface area contributed by atoms with Crippen molar-refractivity contribution in [3.8, 4) is 0 Å². The minimum absolute atomic E-state index is 0.0369. The van der Waals surface area contributed by atoms with E-state index in [1.807, 2.05) is 23.9 Å². The molecule has 3 rings (SSSR count). The van der Waals surface area contributed by atoms with Crippen LogP contribution in [-0.4, -0.2) is 23.7 Å². The van der Waals surface area contributed by atoms with Crippen molar-refractivity contribution >= 4 is 35.0 Å². The highest BCUT2D eigenvalue weighted by Crippen LogP contribution is 2.43. The van der Waals surface area contributed by atoms with Gasteiger partial charge in [0, 0.05) is 22.7 Å². The number of ether oxygens (including phenoxy) is 1. The monoisotopic (exact) mass is 345 g/mol. The Balaban J connectivity index is 1.76. The molecule has 2 atom stereocenters. The molecule has 1 aromatic rings. The van der Waals surface area contributed by atoms with Gasteiger partial charge in [-0.2, -0.15) is 11.8 Å². The van der Waals surface area contributed by atoms with Crippen LogP contribution in [0.25, 0.3) is 0 Å². The van der Waals surface area contributed by atoms with Gasteiger partial charge in [0.2, 0.25) is 0 Å². The number of hydrogen-bond acceptors (Lipinski definition) is 3. The number of benzene rings is 1. The summed E-state index contributed by atoms with van der Waals surface area (Å²) in [4.78, 5) is 0. The third-order valence-corrected chi connectivity index (χ3v) is 6.31. The smallest absolute Gasteiger partial charge is 0.0701 e. The van der Waals surface area contributed by atoms with Crippen molar-refractivity contribution in [1.29, 1.82) is 0 Å². The lowest BCUT2D eigenvalue weighted by atomic mass is 9.77. The van der Waals surface area contributed by atoms with Crippen LogP contribution in [0, 0.1) is 5.92 Å². The molecule has 0 radical (unpaired) electrons. The van der Waals surface area contributed by atoms with Gasteiger partial charge in [-0.1, -0.05) is 29.3 Å². The van der Waals surface area contributed by atoms with Crippen LogP contribution >= 0.6 is 35.0 Å². The average molecular weight is 346 g/mol. The largest absolute Gasteiger partial charge is 0.375 e. The fourth-order valence-corrected chi connectivity index (χ4v) is 5.26. The van der Waals surface area contributed by atoms with E-state index in [2.05, 4.69) is 0 Å². The Kier molecular flexibility index (Phi) is 5.07. The van der Waals surface area contributed by atoms with Crippen molar-refractivity contribution in [3.05, 3.63) is 33.8 Å². The highest BCUT2D eigenvalue weighted by atomic mass is 35.5. The molecule has 0 bridgehead atoms. The van der Waals surface area contributed by atoms with E-state index in [9.17, 15) is 0 Å². The zero-order valence-corrected chi connectivity index (χ0v) is 14.3. The van der Waals surface area contributed by atoms with Crippen LogP contribution in [0.3, 0.4) is 0 Å². The summed E-state index contributed by atoms with van der Waals surface area (Å²) in [7, 11) is 0. The van der Waals surface area contributed by atoms with Crippen molar-refractivity contribution in [3.63, 3.8) is 0 Å². The fraction of sp³-hybridized carbons (Fsp3) is 0.625. The summed E-state index contributed by atoms with van der Waals surface area (Å²) < 4.78 is 6.15. The van der Waals surface area contributed by atoms with E-state index < -0.39 is 0 Å². The van der Waals surface area contributed by atoms with Gasteiger partial charge in [-0.15, -0.1) is 0 Å². The Hall–Kier alpha value is 0.0700. The van der Waals surface area contributed by atoms with Crippen LogP contribution in [0.4, 0.5) is 0 Å². The molecule has 2 saturated heterocycles. The van der Waals surface area contributed by atoms with Crippen molar-refractivity contribution in [2.75, 3.05) is 18.1 Å². The summed E-state index contributed by atoms with van der Waals surface area (Å²) in [6.45, 7) is 0.814. The molecule has 0 aliphatic carbocycles. The van der Waals surface area contributed by atoms with E-state index in [1.165, 1.54) is 11.5 Å². The number of halogens is 2. The molecule has 21 heavy (non-hydrogen) atoms. The zero-order chi connectivity index (χ0) is 14.9. The molecule has 2 heterocycles. The molecule has 116 valence electrons. The normalized spacial score (nSPS) is 26.7. The van der Waals surface area contributed by atoms with E-state index >= 15 is 0 Å². The maximum absolute atomic E-state index is 6.52. The first kappa shape index (κ1) is 15.9. The lowest BCUT2D eigenvalue weighted by Gasteiger charge is -2.45. The molecule has 2 fully saturated rings. The second-order valence-electron chi connectivity index (χ2n) is 6.09. The summed E-state index contributed by atoms with van der Waals surface area (Å²) in [6, 6.07) is 5.58. The van der Waals surface area contributed by atoms with Crippen LogP contribution < -0.4 is 5.73 Å². The Morgan fingerprint density at radius 2 is 2.05 bits per heavy atom. The number of rotatable bonds is 2. The zero-order valence-electron chi connectivity index (χ0n) is 12.0. The van der Waals surface area contributed by atoms with Gasteiger partial charge in [0.25, 0.3) is 0 Å². The maximum atomic E-state index is 6.52. The Morgan fingerprint density at radius 3 is 2.76 bits per heavy atom. The van der Waals surface area contributed by atoms with Crippen LogP contribution in [0.1, 0.15) is 37.3 Å². The van der Waals surface area contributed by atoms with Crippen molar-refractivity contribution in [2.24, 2.45) is 11.7 Å². The van der Waals surface area contributed by atoms with E-state index in [0.717, 1.165) is 37.9 Å². The maximum Gasteiger partial charge on any atom is 0.0701 e. The molecule has 2 nitrogen and oxygen atoms in total. The molecule has 2 aliphatic rings. The standard InChI is InChI=1S/C16H21Cl2NOS/c17-12-1-2-13(14(18)9-12)15(19)11-3-6-20-16(10-11)4-7-21-8-5-16/h1-2,9,11,15H,3-8,10,19H2. The first-order chi connectivity index (χ1) is 10.1. The van der Waals surface area contributed by atoms with Crippen molar-refractivity contribution < 1.29 is 4.74 Å². The average Bonchev–Trinajstić information content (AvgIpc) is 2.47. The minimum Gasteiger partial charge on any atom is -0.375 e. The summed E-state index contributed by atoms with van der Waals surface area (Å²) in [6.07, 6.45) is 4.35. The van der Waals surface area contributed by atoms with E-state index in [1.54, 1.807) is 6.07 Å². The van der Waals surface area contributed by atoms with Gasteiger partial charge >= 0.3 is 0 Å². The van der Waals surface area contributed by atoms with Gasteiger partial charge in [0.05, 0.1) is 5.60 Å². The van der Waals surface area contributed by atoms with Gasteiger partial charge < -0.3 is 10.5 Å². The summed E-state index contributed by atoms with van der Waals surface area (Å²) in [5, 5.41) is 1.33. The molecule has 0 amide bonds. The molecule has 0 aromatic heterocycles. The van der Waals surface area contributed by atoms with Crippen LogP contribution in [0.2, 0.25) is 10.0 Å². The third-order valence-electron chi connectivity index (χ3n) is 4.76. The molecule has 2 unspecified atom stereocenters. The number of thioether (sulfide) groups is 1. The Bertz CT molecular complexity index is 500. The van der Waals surface area contributed by atoms with Gasteiger partial charge in [-0.3, -0.25) is 0 Å². The highest BCUT2D eigenvalue weighted by Gasteiger charge is 2.40. The van der Waals surface area contributed by atoms with Crippen molar-refractivity contribution in [2.45, 2.75) is 37.3 Å². The lowest BCUT2D eigenvalue weighted by Crippen LogP contribution is -2.45. The Morgan fingerprint density at radius 1 is 1.29 bits per heavy atom. The number of nitrogens with two attached hydrogens (primary N) is 1. The second-order valence-corrected chi connectivity index (χ2v) is 8.16. The first-order valence-corrected chi connectivity index (χ1v) is 9.43. The van der Waals surface area contributed by atoms with Crippen LogP contribution in [0.15, 0.2) is 18.2 Å². The van der Waals surface area contributed by atoms with E-state index in [4.69, 9.17) is 33.7 Å². The van der Waals surface area contributed by atoms with Crippen LogP contribution in [-0.2, 0) is 4.74 Å². The van der Waals surface area contributed by atoms with Gasteiger partial charge in [-0.25, -0.2) is 0 Å². The Labute approximate surface area is 140 Å². The molecule has 1 spiro atoms. The van der Waals surface area contributed by atoms with Crippen molar-refractivity contribution in [1.82, 2.24) is 0 Å². The molecule has 2 aliphatic heterocycles. The number of hydrogen-bond donors (Lipinski definition) is 1. The molecular formula is C16H21Cl2NOS. The SMILES string of the molecule is NC(c1ccc(Cl)cc1Cl)C1CCOC2(CCSCC2)C1. The topological polar surface area (TPSA) is 35.2 Å². The third kappa shape index (κ3) is 3.53. The molecule has 1 aromatic carbocycles. The van der Waals surface area contributed by atoms with E-state index in [-0.39, 0.29) is 11.6 Å². The molecule has 5 heteroatoms. The molecule has 2 N–H and O–H groups in total. The highest BCUT2D eigenvalue weighted by molar-refractivity contribution is 7.99.